The number of rotatable bonds is 3. The summed E-state index contributed by atoms with van der Waals surface area (Å²) in [4.78, 5) is 19.8. The first-order valence-corrected chi connectivity index (χ1v) is 7.25. The average Bonchev–Trinajstić information content (AvgIpc) is 2.90. The molecule has 3 aromatic rings. The van der Waals surface area contributed by atoms with Gasteiger partial charge in [0.15, 0.2) is 0 Å². The molecule has 0 spiro atoms. The second kappa shape index (κ2) is 6.01. The molecule has 0 unspecified atom stereocenters. The highest BCUT2D eigenvalue weighted by molar-refractivity contribution is 5.99. The van der Waals surface area contributed by atoms with E-state index in [1.54, 1.807) is 18.5 Å². The van der Waals surface area contributed by atoms with Crippen LogP contribution in [0.1, 0.15) is 18.2 Å². The molecule has 7 nitrogen and oxygen atoms in total. The van der Waals surface area contributed by atoms with Gasteiger partial charge in [0.1, 0.15) is 28.8 Å². The molecule has 120 valence electrons. The van der Waals surface area contributed by atoms with Crippen molar-refractivity contribution in [1.29, 1.82) is 5.26 Å². The highest BCUT2D eigenvalue weighted by Gasteiger charge is 2.12. The van der Waals surface area contributed by atoms with Crippen LogP contribution in [0.4, 0.5) is 5.69 Å². The molecule has 0 saturated heterocycles. The summed E-state index contributed by atoms with van der Waals surface area (Å²) in [7, 11) is 1.87. The third-order valence-corrected chi connectivity index (χ3v) is 3.52. The van der Waals surface area contributed by atoms with Crippen molar-refractivity contribution >= 4 is 22.6 Å². The van der Waals surface area contributed by atoms with E-state index in [9.17, 15) is 4.79 Å². The Morgan fingerprint density at radius 3 is 2.79 bits per heavy atom. The highest BCUT2D eigenvalue weighted by atomic mass is 16.5. The van der Waals surface area contributed by atoms with Crippen molar-refractivity contribution in [3.63, 3.8) is 0 Å². The predicted molar refractivity (Wildman–Crippen MR) is 88.8 cm³/mol. The van der Waals surface area contributed by atoms with E-state index >= 15 is 0 Å². The maximum atomic E-state index is 11.4. The number of nitrogens with one attached hydrogen (secondary N) is 1. The van der Waals surface area contributed by atoms with Crippen LogP contribution in [-0.2, 0) is 11.8 Å². The van der Waals surface area contributed by atoms with Crippen LogP contribution >= 0.6 is 0 Å². The molecule has 1 N–H and O–H groups in total. The van der Waals surface area contributed by atoms with Gasteiger partial charge in [-0.1, -0.05) is 0 Å². The Bertz CT molecular complexity index is 985. The molecule has 0 aliphatic rings. The molecule has 0 bridgehead atoms. The Morgan fingerprint density at radius 1 is 1.33 bits per heavy atom. The van der Waals surface area contributed by atoms with E-state index in [4.69, 9.17) is 10.00 Å². The van der Waals surface area contributed by atoms with E-state index < -0.39 is 0 Å². The third-order valence-electron chi connectivity index (χ3n) is 3.52. The summed E-state index contributed by atoms with van der Waals surface area (Å²) in [6, 6.07) is 7.21. The summed E-state index contributed by atoms with van der Waals surface area (Å²) in [5.41, 5.74) is 3.23. The van der Waals surface area contributed by atoms with E-state index in [0.717, 1.165) is 11.1 Å². The van der Waals surface area contributed by atoms with Crippen molar-refractivity contribution in [2.45, 2.75) is 13.8 Å². The number of benzene rings is 1. The molecule has 0 aliphatic heterocycles. The fraction of sp³-hybridized carbons (Fsp3) is 0.176. The Balaban J connectivity index is 2.05. The fourth-order valence-corrected chi connectivity index (χ4v) is 2.39. The number of fused-ring (bicyclic) bond motifs is 1. The van der Waals surface area contributed by atoms with Crippen molar-refractivity contribution in [2.24, 2.45) is 7.05 Å². The van der Waals surface area contributed by atoms with E-state index in [1.165, 1.54) is 13.1 Å². The van der Waals surface area contributed by atoms with Gasteiger partial charge in [0.25, 0.3) is 0 Å². The van der Waals surface area contributed by atoms with Crippen LogP contribution in [0.2, 0.25) is 0 Å². The molecule has 7 heteroatoms. The molecular weight excluding hydrogens is 306 g/mol. The molecule has 0 atom stereocenters. The van der Waals surface area contributed by atoms with Crippen molar-refractivity contribution in [1.82, 2.24) is 14.5 Å². The minimum Gasteiger partial charge on any atom is -0.455 e. The zero-order chi connectivity index (χ0) is 17.3. The van der Waals surface area contributed by atoms with Gasteiger partial charge in [-0.3, -0.25) is 4.79 Å². The third kappa shape index (κ3) is 2.90. The number of ether oxygens (including phenoxy) is 1. The van der Waals surface area contributed by atoms with Crippen molar-refractivity contribution in [3.05, 3.63) is 42.0 Å². The van der Waals surface area contributed by atoms with Crippen LogP contribution in [0, 0.1) is 18.3 Å². The van der Waals surface area contributed by atoms with Gasteiger partial charge in [-0.2, -0.15) is 5.26 Å². The lowest BCUT2D eigenvalue weighted by atomic mass is 10.2. The SMILES string of the molecule is CC(=O)Nc1cc(Oc2cnc(C#N)cc2C)cc2c1ncn2C. The number of pyridine rings is 1. The number of carbonyl (C=O) groups is 1. The van der Waals surface area contributed by atoms with Crippen LogP contribution < -0.4 is 10.1 Å². The normalized spacial score (nSPS) is 10.4. The van der Waals surface area contributed by atoms with E-state index in [1.807, 2.05) is 30.7 Å². The van der Waals surface area contributed by atoms with Crippen molar-refractivity contribution < 1.29 is 9.53 Å². The van der Waals surface area contributed by atoms with Crippen LogP contribution in [0.3, 0.4) is 0 Å². The van der Waals surface area contributed by atoms with E-state index in [0.29, 0.717) is 28.4 Å². The monoisotopic (exact) mass is 321 g/mol. The van der Waals surface area contributed by atoms with Crippen molar-refractivity contribution in [2.75, 3.05) is 5.32 Å². The summed E-state index contributed by atoms with van der Waals surface area (Å²) >= 11 is 0. The maximum Gasteiger partial charge on any atom is 0.221 e. The first kappa shape index (κ1) is 15.5. The topological polar surface area (TPSA) is 92.8 Å². The second-order valence-corrected chi connectivity index (χ2v) is 5.42. The highest BCUT2D eigenvalue weighted by Crippen LogP contribution is 2.32. The zero-order valence-electron chi connectivity index (χ0n) is 13.5. The molecule has 2 heterocycles. The fourth-order valence-electron chi connectivity index (χ4n) is 2.39. The minimum absolute atomic E-state index is 0.185. The van der Waals surface area contributed by atoms with Gasteiger partial charge in [-0.05, 0) is 18.6 Å². The quantitative estimate of drug-likeness (QED) is 0.800. The molecule has 1 aromatic carbocycles. The maximum absolute atomic E-state index is 11.4. The number of amides is 1. The number of nitriles is 1. The van der Waals surface area contributed by atoms with Crippen LogP contribution in [0.15, 0.2) is 30.7 Å². The molecule has 1 amide bonds. The lowest BCUT2D eigenvalue weighted by molar-refractivity contribution is -0.114. The number of carbonyl (C=O) groups excluding carboxylic acids is 1. The standard InChI is InChI=1S/C17H15N5O2/c1-10-4-12(7-18)19-8-16(10)24-13-5-14(21-11(2)23)17-15(6-13)22(3)9-20-17/h4-6,8-9H,1-3H3,(H,21,23). The second-order valence-electron chi connectivity index (χ2n) is 5.42. The van der Waals surface area contributed by atoms with Gasteiger partial charge in [-0.15, -0.1) is 0 Å². The number of anilines is 1. The Morgan fingerprint density at radius 2 is 2.12 bits per heavy atom. The number of imidazole rings is 1. The average molecular weight is 321 g/mol. The molecule has 0 fully saturated rings. The lowest BCUT2D eigenvalue weighted by Crippen LogP contribution is -2.06. The first-order chi connectivity index (χ1) is 11.5. The van der Waals surface area contributed by atoms with Gasteiger partial charge in [0.05, 0.1) is 23.7 Å². The summed E-state index contributed by atoms with van der Waals surface area (Å²) in [6.07, 6.45) is 3.19. The van der Waals surface area contributed by atoms with Gasteiger partial charge in [0.2, 0.25) is 5.91 Å². The van der Waals surface area contributed by atoms with Crippen LogP contribution in [0.5, 0.6) is 11.5 Å². The van der Waals surface area contributed by atoms with E-state index in [2.05, 4.69) is 15.3 Å². The molecule has 3 rings (SSSR count). The number of hydrogen-bond donors (Lipinski definition) is 1. The molecular formula is C17H15N5O2. The Labute approximate surface area is 138 Å². The number of aryl methyl sites for hydroxylation is 2. The van der Waals surface area contributed by atoms with Crippen LogP contribution in [-0.4, -0.2) is 20.4 Å². The van der Waals surface area contributed by atoms with Crippen molar-refractivity contribution in [3.8, 4) is 17.6 Å². The smallest absolute Gasteiger partial charge is 0.221 e. The predicted octanol–water partition coefficient (Wildman–Crippen LogP) is 2.90. The summed E-state index contributed by atoms with van der Waals surface area (Å²) in [6.45, 7) is 3.28. The zero-order valence-corrected chi connectivity index (χ0v) is 13.5. The molecule has 0 aliphatic carbocycles. The summed E-state index contributed by atoms with van der Waals surface area (Å²) in [5.74, 6) is 0.907. The van der Waals surface area contributed by atoms with Gasteiger partial charge in [-0.25, -0.2) is 9.97 Å². The molecule has 2 aromatic heterocycles. The lowest BCUT2D eigenvalue weighted by Gasteiger charge is -2.11. The Kier molecular flexibility index (Phi) is 3.88. The van der Waals surface area contributed by atoms with Gasteiger partial charge in [0, 0.05) is 26.1 Å². The minimum atomic E-state index is -0.185. The number of nitrogens with zero attached hydrogens (tertiary/aromatic N) is 4. The summed E-state index contributed by atoms with van der Waals surface area (Å²) in [5, 5.41) is 11.7. The summed E-state index contributed by atoms with van der Waals surface area (Å²) < 4.78 is 7.74. The Hall–Kier alpha value is -3.40. The van der Waals surface area contributed by atoms with E-state index in [-0.39, 0.29) is 5.91 Å². The van der Waals surface area contributed by atoms with Gasteiger partial charge < -0.3 is 14.6 Å². The molecule has 24 heavy (non-hydrogen) atoms. The number of hydrogen-bond acceptors (Lipinski definition) is 5. The number of aromatic nitrogens is 3. The molecule has 0 saturated carbocycles. The largest absolute Gasteiger partial charge is 0.455 e. The van der Waals surface area contributed by atoms with Gasteiger partial charge >= 0.3 is 0 Å². The molecule has 0 radical (unpaired) electrons. The first-order valence-electron chi connectivity index (χ1n) is 7.25. The van der Waals surface area contributed by atoms with Crippen LogP contribution in [0.25, 0.3) is 11.0 Å².